The number of hydrogen-bond donors (Lipinski definition) is 1. The lowest BCUT2D eigenvalue weighted by Gasteiger charge is -2.25. The van der Waals surface area contributed by atoms with E-state index in [9.17, 15) is 9.90 Å². The summed E-state index contributed by atoms with van der Waals surface area (Å²) in [6.45, 7) is 1.27. The fraction of sp³-hybridized carbons (Fsp3) is 0.429. The Balaban J connectivity index is 1.76. The molecule has 0 amide bonds. The molecule has 2 aromatic rings. The first-order valence-electron chi connectivity index (χ1n) is 6.68. The number of pyridine rings is 1. The second kappa shape index (κ2) is 5.63. The van der Waals surface area contributed by atoms with Gasteiger partial charge in [-0.25, -0.2) is 4.98 Å². The number of fused-ring (bicyclic) bond motifs is 1. The number of carboxylic acids is 1. The van der Waals surface area contributed by atoms with Crippen LogP contribution < -0.4 is 0 Å². The molecule has 1 N–H and O–H groups in total. The Hall–Kier alpha value is -1.63. The second-order valence-corrected chi connectivity index (χ2v) is 5.75. The molecule has 1 aliphatic heterocycles. The molecule has 0 bridgehead atoms. The van der Waals surface area contributed by atoms with Crippen molar-refractivity contribution in [1.29, 1.82) is 0 Å². The fourth-order valence-corrected chi connectivity index (χ4v) is 2.85. The molecular formula is C14H16ClN3O3. The van der Waals surface area contributed by atoms with Gasteiger partial charge in [0.15, 0.2) is 0 Å². The summed E-state index contributed by atoms with van der Waals surface area (Å²) in [5, 5.41) is 9.85. The van der Waals surface area contributed by atoms with Crippen molar-refractivity contribution in [1.82, 2.24) is 14.3 Å². The van der Waals surface area contributed by atoms with Gasteiger partial charge < -0.3 is 14.2 Å². The van der Waals surface area contributed by atoms with Crippen LogP contribution in [0.1, 0.15) is 5.69 Å². The van der Waals surface area contributed by atoms with Gasteiger partial charge in [0.2, 0.25) is 0 Å². The number of aromatic nitrogens is 2. The molecule has 0 spiro atoms. The molecule has 6 nitrogen and oxygen atoms in total. The number of nitrogens with zero attached hydrogens (tertiary/aromatic N) is 3. The summed E-state index contributed by atoms with van der Waals surface area (Å²) in [7, 11) is 1.90. The molecule has 2 atom stereocenters. The third-order valence-electron chi connectivity index (χ3n) is 3.81. The van der Waals surface area contributed by atoms with Crippen LogP contribution in [-0.4, -0.2) is 51.7 Å². The van der Waals surface area contributed by atoms with Gasteiger partial charge in [0.1, 0.15) is 5.65 Å². The minimum absolute atomic E-state index is 0.129. The molecule has 3 rings (SSSR count). The number of halogens is 1. The van der Waals surface area contributed by atoms with Crippen LogP contribution in [0.25, 0.3) is 5.65 Å². The Morgan fingerprint density at radius 2 is 2.33 bits per heavy atom. The first-order valence-corrected chi connectivity index (χ1v) is 7.06. The van der Waals surface area contributed by atoms with Gasteiger partial charge in [-0.1, -0.05) is 11.6 Å². The van der Waals surface area contributed by atoms with E-state index in [0.717, 1.165) is 11.3 Å². The standard InChI is InChI=1S/C14H16ClN3O3/c1-17(12-8-21-7-11(12)14(19)20)5-10-6-18-4-9(15)2-3-13(18)16-10/h2-4,6,11-12H,5,7-8H2,1H3,(H,19,20). The number of hydrogen-bond acceptors (Lipinski definition) is 4. The van der Waals surface area contributed by atoms with E-state index in [0.29, 0.717) is 18.2 Å². The van der Waals surface area contributed by atoms with Gasteiger partial charge in [-0.05, 0) is 19.2 Å². The Kier molecular flexibility index (Phi) is 3.84. The van der Waals surface area contributed by atoms with Gasteiger partial charge in [-0.3, -0.25) is 9.69 Å². The van der Waals surface area contributed by atoms with Gasteiger partial charge in [0, 0.05) is 25.0 Å². The summed E-state index contributed by atoms with van der Waals surface area (Å²) in [5.41, 5.74) is 1.69. The zero-order valence-electron chi connectivity index (χ0n) is 11.6. The van der Waals surface area contributed by atoms with E-state index in [4.69, 9.17) is 16.3 Å². The average molecular weight is 310 g/mol. The number of carboxylic acid groups (broad SMARTS) is 1. The summed E-state index contributed by atoms with van der Waals surface area (Å²) < 4.78 is 7.17. The monoisotopic (exact) mass is 309 g/mol. The molecule has 1 aliphatic rings. The van der Waals surface area contributed by atoms with Gasteiger partial charge in [-0.2, -0.15) is 0 Å². The van der Waals surface area contributed by atoms with E-state index in [1.54, 1.807) is 12.3 Å². The molecule has 21 heavy (non-hydrogen) atoms. The summed E-state index contributed by atoms with van der Waals surface area (Å²) in [4.78, 5) is 17.7. The molecule has 1 saturated heterocycles. The van der Waals surface area contributed by atoms with E-state index in [1.807, 2.05) is 28.6 Å². The molecule has 112 valence electrons. The van der Waals surface area contributed by atoms with Gasteiger partial charge >= 0.3 is 5.97 Å². The Labute approximate surface area is 126 Å². The summed E-state index contributed by atoms with van der Waals surface area (Å²) >= 11 is 5.95. The van der Waals surface area contributed by atoms with Crippen molar-refractivity contribution >= 4 is 23.2 Å². The molecule has 1 fully saturated rings. The third kappa shape index (κ3) is 2.88. The molecular weight excluding hydrogens is 294 g/mol. The number of likely N-dealkylation sites (N-methyl/N-ethyl adjacent to an activating group) is 1. The van der Waals surface area contributed by atoms with Crippen molar-refractivity contribution in [2.24, 2.45) is 5.92 Å². The summed E-state index contributed by atoms with van der Waals surface area (Å²) in [6, 6.07) is 3.52. The van der Waals surface area contributed by atoms with E-state index in [1.165, 1.54) is 0 Å². The van der Waals surface area contributed by atoms with Crippen LogP contribution >= 0.6 is 11.6 Å². The number of ether oxygens (including phenoxy) is 1. The van der Waals surface area contributed by atoms with E-state index >= 15 is 0 Å². The first kappa shape index (κ1) is 14.3. The molecule has 3 heterocycles. The minimum atomic E-state index is -0.814. The van der Waals surface area contributed by atoms with E-state index in [2.05, 4.69) is 4.98 Å². The topological polar surface area (TPSA) is 67.1 Å². The van der Waals surface area contributed by atoms with Crippen molar-refractivity contribution in [2.45, 2.75) is 12.6 Å². The largest absolute Gasteiger partial charge is 0.481 e. The van der Waals surface area contributed by atoms with Gasteiger partial charge in [0.25, 0.3) is 0 Å². The third-order valence-corrected chi connectivity index (χ3v) is 4.03. The van der Waals surface area contributed by atoms with Gasteiger partial charge in [-0.15, -0.1) is 0 Å². The molecule has 2 aromatic heterocycles. The van der Waals surface area contributed by atoms with Crippen molar-refractivity contribution < 1.29 is 14.6 Å². The fourth-order valence-electron chi connectivity index (χ4n) is 2.68. The lowest BCUT2D eigenvalue weighted by Crippen LogP contribution is -2.40. The van der Waals surface area contributed by atoms with Crippen molar-refractivity contribution in [2.75, 3.05) is 20.3 Å². The maximum absolute atomic E-state index is 11.2. The molecule has 2 unspecified atom stereocenters. The van der Waals surface area contributed by atoms with Crippen LogP contribution in [0.5, 0.6) is 0 Å². The Bertz CT molecular complexity index is 673. The lowest BCUT2D eigenvalue weighted by molar-refractivity contribution is -0.143. The van der Waals surface area contributed by atoms with Crippen LogP contribution in [0.4, 0.5) is 0 Å². The maximum Gasteiger partial charge on any atom is 0.310 e. The molecule has 0 aromatic carbocycles. The number of aliphatic carboxylic acids is 1. The number of rotatable bonds is 4. The summed E-state index contributed by atoms with van der Waals surface area (Å²) in [6.07, 6.45) is 3.70. The number of carbonyl (C=O) groups is 1. The van der Waals surface area contributed by atoms with Crippen LogP contribution in [0.15, 0.2) is 24.5 Å². The van der Waals surface area contributed by atoms with Gasteiger partial charge in [0.05, 0.1) is 29.8 Å². The van der Waals surface area contributed by atoms with Crippen LogP contribution in [0.3, 0.4) is 0 Å². The molecule has 0 aliphatic carbocycles. The average Bonchev–Trinajstić information content (AvgIpc) is 3.03. The van der Waals surface area contributed by atoms with Crippen LogP contribution in [-0.2, 0) is 16.1 Å². The van der Waals surface area contributed by atoms with E-state index < -0.39 is 11.9 Å². The zero-order valence-corrected chi connectivity index (χ0v) is 12.3. The molecule has 0 radical (unpaired) electrons. The minimum Gasteiger partial charge on any atom is -0.481 e. The highest BCUT2D eigenvalue weighted by molar-refractivity contribution is 6.30. The molecule has 7 heteroatoms. The second-order valence-electron chi connectivity index (χ2n) is 5.31. The normalized spacial score (nSPS) is 22.2. The Morgan fingerprint density at radius 3 is 3.10 bits per heavy atom. The van der Waals surface area contributed by atoms with E-state index in [-0.39, 0.29) is 12.6 Å². The summed E-state index contributed by atoms with van der Waals surface area (Å²) in [5.74, 6) is -1.30. The quantitative estimate of drug-likeness (QED) is 0.927. The van der Waals surface area contributed by atoms with Crippen LogP contribution in [0, 0.1) is 5.92 Å². The SMILES string of the molecule is CN(Cc1cn2cc(Cl)ccc2n1)C1COCC1C(=O)O. The van der Waals surface area contributed by atoms with Crippen molar-refractivity contribution in [3.05, 3.63) is 35.2 Å². The Morgan fingerprint density at radius 1 is 1.52 bits per heavy atom. The zero-order chi connectivity index (χ0) is 15.0. The lowest BCUT2D eigenvalue weighted by atomic mass is 10.0. The van der Waals surface area contributed by atoms with Crippen LogP contribution in [0.2, 0.25) is 5.02 Å². The predicted octanol–water partition coefficient (Wildman–Crippen LogP) is 1.52. The highest BCUT2D eigenvalue weighted by atomic mass is 35.5. The molecule has 0 saturated carbocycles. The van der Waals surface area contributed by atoms with Crippen molar-refractivity contribution in [3.63, 3.8) is 0 Å². The number of imidazole rings is 1. The first-order chi connectivity index (χ1) is 10.0. The highest BCUT2D eigenvalue weighted by Gasteiger charge is 2.36. The highest BCUT2D eigenvalue weighted by Crippen LogP contribution is 2.21. The smallest absolute Gasteiger partial charge is 0.310 e. The maximum atomic E-state index is 11.2. The predicted molar refractivity (Wildman–Crippen MR) is 77.4 cm³/mol. The van der Waals surface area contributed by atoms with Crippen molar-refractivity contribution in [3.8, 4) is 0 Å².